The Morgan fingerprint density at radius 3 is 3.00 bits per heavy atom. The summed E-state index contributed by atoms with van der Waals surface area (Å²) in [4.78, 5) is 11.1. The van der Waals surface area contributed by atoms with Gasteiger partial charge in [-0.1, -0.05) is 13.3 Å². The Labute approximate surface area is 89.4 Å². The maximum absolute atomic E-state index is 11.1. The van der Waals surface area contributed by atoms with E-state index in [1.807, 2.05) is 19.9 Å². The molecule has 15 heavy (non-hydrogen) atoms. The molecule has 0 bridgehead atoms. The molecule has 1 heterocycles. The third-order valence-corrected chi connectivity index (χ3v) is 1.90. The van der Waals surface area contributed by atoms with Gasteiger partial charge in [0.2, 0.25) is 5.91 Å². The summed E-state index contributed by atoms with van der Waals surface area (Å²) in [6.07, 6.45) is 3.91. The first kappa shape index (κ1) is 11.5. The van der Waals surface area contributed by atoms with Crippen LogP contribution in [0.3, 0.4) is 0 Å². The molecule has 0 radical (unpaired) electrons. The van der Waals surface area contributed by atoms with Crippen LogP contribution in [0.15, 0.2) is 21.7 Å². The van der Waals surface area contributed by atoms with Gasteiger partial charge in [-0.3, -0.25) is 4.79 Å². The third-order valence-electron chi connectivity index (χ3n) is 1.90. The van der Waals surface area contributed by atoms with E-state index in [1.165, 1.54) is 6.21 Å². The molecule has 1 aromatic heterocycles. The van der Waals surface area contributed by atoms with Crippen LogP contribution < -0.4 is 5.43 Å². The molecule has 0 atom stereocenters. The van der Waals surface area contributed by atoms with Gasteiger partial charge in [0.05, 0.1) is 6.21 Å². The molecule has 0 spiro atoms. The largest absolute Gasteiger partial charge is 0.460 e. The number of hydrazone groups is 1. The lowest BCUT2D eigenvalue weighted by Gasteiger charge is -1.96. The molecule has 1 rings (SSSR count). The Morgan fingerprint density at radius 2 is 2.40 bits per heavy atom. The van der Waals surface area contributed by atoms with Gasteiger partial charge < -0.3 is 4.42 Å². The first-order valence-corrected chi connectivity index (χ1v) is 5.10. The molecule has 0 unspecified atom stereocenters. The number of rotatable bonds is 5. The van der Waals surface area contributed by atoms with Crippen molar-refractivity contribution in [2.45, 2.75) is 33.1 Å². The summed E-state index contributed by atoms with van der Waals surface area (Å²) < 4.78 is 5.25. The molecular weight excluding hydrogens is 192 g/mol. The Balaban J connectivity index is 2.30. The standard InChI is InChI=1S/C11H16N2O2/c1-3-4-5-11(14)13-12-8-10-7-6-9(2)15-10/h6-8H,3-5H2,1-2H3,(H,13,14). The van der Waals surface area contributed by atoms with Gasteiger partial charge in [0.15, 0.2) is 0 Å². The van der Waals surface area contributed by atoms with Gasteiger partial charge in [-0.2, -0.15) is 5.10 Å². The zero-order valence-electron chi connectivity index (χ0n) is 9.12. The lowest BCUT2D eigenvalue weighted by molar-refractivity contribution is -0.121. The third kappa shape index (κ3) is 4.44. The van der Waals surface area contributed by atoms with E-state index in [0.717, 1.165) is 18.6 Å². The predicted molar refractivity (Wildman–Crippen MR) is 58.7 cm³/mol. The molecule has 1 aromatic rings. The number of hydrogen-bond donors (Lipinski definition) is 1. The number of furan rings is 1. The van der Waals surface area contributed by atoms with Crippen molar-refractivity contribution in [1.29, 1.82) is 0 Å². The van der Waals surface area contributed by atoms with Gasteiger partial charge in [-0.15, -0.1) is 0 Å². The van der Waals surface area contributed by atoms with Crippen LogP contribution in [0.5, 0.6) is 0 Å². The van der Waals surface area contributed by atoms with E-state index in [0.29, 0.717) is 12.2 Å². The first-order valence-electron chi connectivity index (χ1n) is 5.10. The number of unbranched alkanes of at least 4 members (excludes halogenated alkanes) is 1. The fourth-order valence-electron chi connectivity index (χ4n) is 1.08. The number of nitrogens with zero attached hydrogens (tertiary/aromatic N) is 1. The molecule has 0 aliphatic carbocycles. The van der Waals surface area contributed by atoms with E-state index in [4.69, 9.17) is 4.42 Å². The van der Waals surface area contributed by atoms with Crippen molar-refractivity contribution in [2.24, 2.45) is 5.10 Å². The molecule has 0 saturated heterocycles. The van der Waals surface area contributed by atoms with Crippen LogP contribution in [0.4, 0.5) is 0 Å². The molecule has 1 N–H and O–H groups in total. The molecule has 4 heteroatoms. The van der Waals surface area contributed by atoms with E-state index in [2.05, 4.69) is 10.5 Å². The van der Waals surface area contributed by atoms with Crippen LogP contribution in [0, 0.1) is 6.92 Å². The summed E-state index contributed by atoms with van der Waals surface area (Å²) in [5.41, 5.74) is 2.45. The average molecular weight is 208 g/mol. The van der Waals surface area contributed by atoms with Crippen molar-refractivity contribution < 1.29 is 9.21 Å². The average Bonchev–Trinajstić information content (AvgIpc) is 2.61. The molecule has 0 aliphatic rings. The number of aryl methyl sites for hydroxylation is 1. The van der Waals surface area contributed by atoms with Crippen LogP contribution in [0.2, 0.25) is 0 Å². The van der Waals surface area contributed by atoms with Crippen LogP contribution in [-0.2, 0) is 4.79 Å². The number of amides is 1. The zero-order valence-corrected chi connectivity index (χ0v) is 9.12. The van der Waals surface area contributed by atoms with Gasteiger partial charge in [0.1, 0.15) is 11.5 Å². The van der Waals surface area contributed by atoms with E-state index < -0.39 is 0 Å². The van der Waals surface area contributed by atoms with Gasteiger partial charge in [-0.25, -0.2) is 5.43 Å². The Hall–Kier alpha value is -1.58. The molecule has 1 amide bonds. The highest BCUT2D eigenvalue weighted by Crippen LogP contribution is 2.02. The minimum absolute atomic E-state index is 0.0589. The molecule has 0 saturated carbocycles. The SMILES string of the molecule is CCCCC(=O)NN=Cc1ccc(C)o1. The van der Waals surface area contributed by atoms with E-state index in [9.17, 15) is 4.79 Å². The molecule has 0 aromatic carbocycles. The van der Waals surface area contributed by atoms with Crippen LogP contribution >= 0.6 is 0 Å². The van der Waals surface area contributed by atoms with Crippen molar-refractivity contribution in [2.75, 3.05) is 0 Å². The normalized spacial score (nSPS) is 10.8. The van der Waals surface area contributed by atoms with Crippen LogP contribution in [-0.4, -0.2) is 12.1 Å². The highest BCUT2D eigenvalue weighted by Gasteiger charge is 1.97. The van der Waals surface area contributed by atoms with Crippen molar-refractivity contribution in [3.8, 4) is 0 Å². The fraction of sp³-hybridized carbons (Fsp3) is 0.455. The maximum atomic E-state index is 11.1. The highest BCUT2D eigenvalue weighted by molar-refractivity contribution is 5.80. The molecule has 0 fully saturated rings. The minimum Gasteiger partial charge on any atom is -0.460 e. The number of hydrogen-bond acceptors (Lipinski definition) is 3. The minimum atomic E-state index is -0.0589. The quantitative estimate of drug-likeness (QED) is 0.596. The van der Waals surface area contributed by atoms with Gasteiger partial charge in [0, 0.05) is 6.42 Å². The Morgan fingerprint density at radius 1 is 1.60 bits per heavy atom. The summed E-state index contributed by atoms with van der Waals surface area (Å²) in [5.74, 6) is 1.41. The second-order valence-corrected chi connectivity index (χ2v) is 3.35. The molecule has 0 aliphatic heterocycles. The number of carbonyl (C=O) groups is 1. The van der Waals surface area contributed by atoms with Crippen molar-refractivity contribution in [1.82, 2.24) is 5.43 Å². The van der Waals surface area contributed by atoms with Crippen LogP contribution in [0.1, 0.15) is 37.7 Å². The van der Waals surface area contributed by atoms with Crippen LogP contribution in [0.25, 0.3) is 0 Å². The Bertz CT molecular complexity index is 342. The summed E-state index contributed by atoms with van der Waals surface area (Å²) in [6.45, 7) is 3.90. The van der Waals surface area contributed by atoms with E-state index >= 15 is 0 Å². The molecule has 82 valence electrons. The Kier molecular flexibility index (Phi) is 4.60. The summed E-state index contributed by atoms with van der Waals surface area (Å²) in [5, 5.41) is 3.79. The van der Waals surface area contributed by atoms with Crippen molar-refractivity contribution >= 4 is 12.1 Å². The van der Waals surface area contributed by atoms with E-state index in [1.54, 1.807) is 6.07 Å². The van der Waals surface area contributed by atoms with Crippen molar-refractivity contribution in [3.63, 3.8) is 0 Å². The highest BCUT2D eigenvalue weighted by atomic mass is 16.3. The summed E-state index contributed by atoms with van der Waals surface area (Å²) in [6, 6.07) is 3.65. The van der Waals surface area contributed by atoms with Crippen molar-refractivity contribution in [3.05, 3.63) is 23.7 Å². The monoisotopic (exact) mass is 208 g/mol. The second kappa shape index (κ2) is 6.01. The second-order valence-electron chi connectivity index (χ2n) is 3.35. The first-order chi connectivity index (χ1) is 7.22. The number of carbonyl (C=O) groups excluding carboxylic acids is 1. The number of nitrogens with one attached hydrogen (secondary N) is 1. The molecular formula is C11H16N2O2. The predicted octanol–water partition coefficient (Wildman–Crippen LogP) is 2.23. The smallest absolute Gasteiger partial charge is 0.240 e. The lowest BCUT2D eigenvalue weighted by Crippen LogP contribution is -2.16. The van der Waals surface area contributed by atoms with Gasteiger partial charge in [-0.05, 0) is 25.5 Å². The zero-order chi connectivity index (χ0) is 11.1. The topological polar surface area (TPSA) is 54.6 Å². The molecule has 4 nitrogen and oxygen atoms in total. The maximum Gasteiger partial charge on any atom is 0.240 e. The lowest BCUT2D eigenvalue weighted by atomic mass is 10.2. The van der Waals surface area contributed by atoms with E-state index in [-0.39, 0.29) is 5.91 Å². The summed E-state index contributed by atoms with van der Waals surface area (Å²) >= 11 is 0. The summed E-state index contributed by atoms with van der Waals surface area (Å²) in [7, 11) is 0. The van der Waals surface area contributed by atoms with Gasteiger partial charge in [0.25, 0.3) is 0 Å². The fourth-order valence-corrected chi connectivity index (χ4v) is 1.08. The van der Waals surface area contributed by atoms with Gasteiger partial charge >= 0.3 is 0 Å².